The standard InChI is InChI=1S/C9H19NO2/c1-8(2)6-4-3-5-7-9(11)12-10/h8H,3-7,10H2,1-2H3. The summed E-state index contributed by atoms with van der Waals surface area (Å²) < 4.78 is 0. The molecule has 3 nitrogen and oxygen atoms in total. The molecule has 0 aromatic heterocycles. The first-order valence-corrected chi connectivity index (χ1v) is 4.56. The number of carbonyl (C=O) groups is 1. The summed E-state index contributed by atoms with van der Waals surface area (Å²) in [6.45, 7) is 4.41. The van der Waals surface area contributed by atoms with E-state index in [1.807, 2.05) is 0 Å². The van der Waals surface area contributed by atoms with Gasteiger partial charge < -0.3 is 4.84 Å². The molecule has 0 saturated heterocycles. The molecule has 0 radical (unpaired) electrons. The van der Waals surface area contributed by atoms with Gasteiger partial charge in [0.1, 0.15) is 0 Å². The van der Waals surface area contributed by atoms with Crippen LogP contribution in [0.1, 0.15) is 46.0 Å². The lowest BCUT2D eigenvalue weighted by molar-refractivity contribution is -0.144. The predicted octanol–water partition coefficient (Wildman–Crippen LogP) is 2.01. The number of nitrogens with two attached hydrogens (primary N) is 1. The van der Waals surface area contributed by atoms with E-state index in [-0.39, 0.29) is 5.97 Å². The number of carbonyl (C=O) groups excluding carboxylic acids is 1. The van der Waals surface area contributed by atoms with Crippen LogP contribution in [0.15, 0.2) is 0 Å². The molecule has 0 fully saturated rings. The molecular weight excluding hydrogens is 154 g/mol. The third-order valence-electron chi connectivity index (χ3n) is 1.79. The molecule has 12 heavy (non-hydrogen) atoms. The van der Waals surface area contributed by atoms with Gasteiger partial charge in [-0.15, -0.1) is 0 Å². The maximum atomic E-state index is 10.6. The highest BCUT2D eigenvalue weighted by molar-refractivity contribution is 5.68. The zero-order valence-electron chi connectivity index (χ0n) is 8.01. The highest BCUT2D eigenvalue weighted by atomic mass is 16.7. The molecule has 0 aliphatic rings. The highest BCUT2D eigenvalue weighted by Crippen LogP contribution is 2.09. The van der Waals surface area contributed by atoms with Gasteiger partial charge in [-0.2, -0.15) is 5.90 Å². The number of hydrogen-bond donors (Lipinski definition) is 1. The van der Waals surface area contributed by atoms with Crippen LogP contribution in [0.3, 0.4) is 0 Å². The van der Waals surface area contributed by atoms with Crippen LogP contribution in [0.4, 0.5) is 0 Å². The minimum atomic E-state index is -0.306. The molecule has 0 unspecified atom stereocenters. The predicted molar refractivity (Wildman–Crippen MR) is 48.2 cm³/mol. The molecule has 0 saturated carbocycles. The molecule has 0 aliphatic heterocycles. The van der Waals surface area contributed by atoms with Crippen molar-refractivity contribution in [2.45, 2.75) is 46.0 Å². The maximum absolute atomic E-state index is 10.6. The molecule has 0 rings (SSSR count). The van der Waals surface area contributed by atoms with Crippen LogP contribution in [0.5, 0.6) is 0 Å². The minimum Gasteiger partial charge on any atom is -0.373 e. The first-order chi connectivity index (χ1) is 5.66. The van der Waals surface area contributed by atoms with Crippen LogP contribution in [0, 0.1) is 5.92 Å². The Bertz CT molecular complexity index is 124. The van der Waals surface area contributed by atoms with E-state index in [9.17, 15) is 4.79 Å². The van der Waals surface area contributed by atoms with Gasteiger partial charge in [-0.3, -0.25) is 4.79 Å². The largest absolute Gasteiger partial charge is 0.373 e. The fourth-order valence-electron chi connectivity index (χ4n) is 1.06. The summed E-state index contributed by atoms with van der Waals surface area (Å²) in [5.74, 6) is 5.14. The number of unbranched alkanes of at least 4 members (excludes halogenated alkanes) is 2. The Morgan fingerprint density at radius 3 is 2.50 bits per heavy atom. The summed E-state index contributed by atoms with van der Waals surface area (Å²) in [5, 5.41) is 0. The SMILES string of the molecule is CC(C)CCCCCC(=O)ON. The first kappa shape index (κ1) is 11.4. The third-order valence-corrected chi connectivity index (χ3v) is 1.79. The van der Waals surface area contributed by atoms with Crippen molar-refractivity contribution in [2.75, 3.05) is 0 Å². The van der Waals surface area contributed by atoms with Crippen molar-refractivity contribution in [3.63, 3.8) is 0 Å². The van der Waals surface area contributed by atoms with E-state index >= 15 is 0 Å². The van der Waals surface area contributed by atoms with Crippen LogP contribution >= 0.6 is 0 Å². The van der Waals surface area contributed by atoms with Gasteiger partial charge in [0, 0.05) is 6.42 Å². The van der Waals surface area contributed by atoms with Gasteiger partial charge in [-0.25, -0.2) is 0 Å². The maximum Gasteiger partial charge on any atom is 0.324 e. The second kappa shape index (κ2) is 7.10. The lowest BCUT2D eigenvalue weighted by Crippen LogP contribution is -2.09. The summed E-state index contributed by atoms with van der Waals surface area (Å²) in [4.78, 5) is 14.6. The van der Waals surface area contributed by atoms with Gasteiger partial charge in [0.2, 0.25) is 0 Å². The zero-order chi connectivity index (χ0) is 9.40. The van der Waals surface area contributed by atoms with Crippen molar-refractivity contribution in [3.05, 3.63) is 0 Å². The quantitative estimate of drug-likeness (QED) is 0.493. The van der Waals surface area contributed by atoms with Crippen LogP contribution < -0.4 is 5.90 Å². The molecule has 0 spiro atoms. The minimum absolute atomic E-state index is 0.306. The van der Waals surface area contributed by atoms with Gasteiger partial charge in [0.25, 0.3) is 0 Å². The van der Waals surface area contributed by atoms with Crippen LogP contribution in [0.2, 0.25) is 0 Å². The summed E-state index contributed by atoms with van der Waals surface area (Å²) >= 11 is 0. The van der Waals surface area contributed by atoms with Crippen molar-refractivity contribution in [1.29, 1.82) is 0 Å². The molecule has 0 aromatic carbocycles. The van der Waals surface area contributed by atoms with Gasteiger partial charge in [0.05, 0.1) is 0 Å². The summed E-state index contributed by atoms with van der Waals surface area (Å²) in [6.07, 6.45) is 4.86. The molecule has 0 bridgehead atoms. The summed E-state index contributed by atoms with van der Waals surface area (Å²) in [6, 6.07) is 0. The molecular formula is C9H19NO2. The Morgan fingerprint density at radius 1 is 1.33 bits per heavy atom. The smallest absolute Gasteiger partial charge is 0.324 e. The van der Waals surface area contributed by atoms with Crippen LogP contribution in [-0.2, 0) is 9.63 Å². The van der Waals surface area contributed by atoms with Crippen molar-refractivity contribution in [1.82, 2.24) is 0 Å². The molecule has 72 valence electrons. The van der Waals surface area contributed by atoms with Crippen molar-refractivity contribution in [2.24, 2.45) is 11.8 Å². The summed E-state index contributed by atoms with van der Waals surface area (Å²) in [5.41, 5.74) is 0. The monoisotopic (exact) mass is 173 g/mol. The second-order valence-corrected chi connectivity index (χ2v) is 3.48. The van der Waals surface area contributed by atoms with E-state index in [1.165, 1.54) is 12.8 Å². The first-order valence-electron chi connectivity index (χ1n) is 4.56. The normalized spacial score (nSPS) is 10.3. The average molecular weight is 173 g/mol. The van der Waals surface area contributed by atoms with Gasteiger partial charge in [-0.05, 0) is 12.3 Å². The molecule has 0 atom stereocenters. The van der Waals surface area contributed by atoms with Gasteiger partial charge in [0.15, 0.2) is 0 Å². The molecule has 0 aliphatic carbocycles. The van der Waals surface area contributed by atoms with E-state index in [1.54, 1.807) is 0 Å². The fraction of sp³-hybridized carbons (Fsp3) is 0.889. The molecule has 0 amide bonds. The fourth-order valence-corrected chi connectivity index (χ4v) is 1.06. The van der Waals surface area contributed by atoms with E-state index in [0.29, 0.717) is 6.42 Å². The summed E-state index contributed by atoms with van der Waals surface area (Å²) in [7, 11) is 0. The van der Waals surface area contributed by atoms with Crippen molar-refractivity contribution >= 4 is 5.97 Å². The van der Waals surface area contributed by atoms with Crippen LogP contribution in [0.25, 0.3) is 0 Å². The Labute approximate surface area is 74.2 Å². The van der Waals surface area contributed by atoms with Gasteiger partial charge in [-0.1, -0.05) is 33.1 Å². The van der Waals surface area contributed by atoms with Crippen molar-refractivity contribution in [3.8, 4) is 0 Å². The van der Waals surface area contributed by atoms with Crippen molar-refractivity contribution < 1.29 is 9.63 Å². The zero-order valence-corrected chi connectivity index (χ0v) is 8.01. The lowest BCUT2D eigenvalue weighted by Gasteiger charge is -2.02. The Balaban J connectivity index is 3.05. The lowest BCUT2D eigenvalue weighted by atomic mass is 10.0. The van der Waals surface area contributed by atoms with E-state index in [4.69, 9.17) is 0 Å². The number of rotatable bonds is 6. The molecule has 0 heterocycles. The second-order valence-electron chi connectivity index (χ2n) is 3.48. The van der Waals surface area contributed by atoms with E-state index in [0.717, 1.165) is 18.8 Å². The topological polar surface area (TPSA) is 52.3 Å². The number of hydrogen-bond acceptors (Lipinski definition) is 3. The highest BCUT2D eigenvalue weighted by Gasteiger charge is 2.00. The molecule has 2 N–H and O–H groups in total. The molecule has 3 heteroatoms. The van der Waals surface area contributed by atoms with E-state index in [2.05, 4.69) is 24.6 Å². The third kappa shape index (κ3) is 7.54. The van der Waals surface area contributed by atoms with E-state index < -0.39 is 0 Å². The average Bonchev–Trinajstić information content (AvgIpc) is 2.03. The Hall–Kier alpha value is -0.570. The van der Waals surface area contributed by atoms with Gasteiger partial charge >= 0.3 is 5.97 Å². The Morgan fingerprint density at radius 2 is 2.00 bits per heavy atom. The van der Waals surface area contributed by atoms with Crippen LogP contribution in [-0.4, -0.2) is 5.97 Å². The Kier molecular flexibility index (Phi) is 6.76. The molecule has 0 aromatic rings.